The van der Waals surface area contributed by atoms with E-state index in [4.69, 9.17) is 10.5 Å². The first kappa shape index (κ1) is 22.4. The average Bonchev–Trinajstić information content (AvgIpc) is 3.19. The molecule has 2 N–H and O–H groups in total. The number of nitrogens with zero attached hydrogens (tertiary/aromatic N) is 3. The Bertz CT molecular complexity index is 1190. The quantitative estimate of drug-likeness (QED) is 0.671. The lowest BCUT2D eigenvalue weighted by molar-refractivity contribution is -0.330. The SMILES string of the molecule is NC(=O)C1(C23CC(n4cc(C(=O)N5CC(COC(F)(F)F)C5)cn4)(C2)C3)CCc2ccccc2O1. The summed E-state index contributed by atoms with van der Waals surface area (Å²) in [5, 5.41) is 4.42. The molecule has 3 aliphatic carbocycles. The van der Waals surface area contributed by atoms with Crippen molar-refractivity contribution in [3.63, 3.8) is 0 Å². The van der Waals surface area contributed by atoms with Crippen molar-refractivity contribution in [2.45, 2.75) is 49.6 Å². The molecule has 5 aliphatic rings. The number of ether oxygens (including phenoxy) is 2. The minimum absolute atomic E-state index is 0.217. The van der Waals surface area contributed by atoms with Gasteiger partial charge in [0.15, 0.2) is 5.60 Å². The van der Waals surface area contributed by atoms with Crippen LogP contribution >= 0.6 is 0 Å². The lowest BCUT2D eigenvalue weighted by Crippen LogP contribution is -2.80. The fraction of sp³-hybridized carbons (Fsp3) is 0.542. The van der Waals surface area contributed by atoms with Gasteiger partial charge in [0.1, 0.15) is 5.75 Å². The van der Waals surface area contributed by atoms with Crippen LogP contribution in [0.3, 0.4) is 0 Å². The maximum absolute atomic E-state index is 12.7. The number of benzene rings is 1. The van der Waals surface area contributed by atoms with Crippen molar-refractivity contribution >= 4 is 11.8 Å². The maximum Gasteiger partial charge on any atom is 0.522 e. The third-order valence-electron chi connectivity index (χ3n) is 8.30. The second-order valence-electron chi connectivity index (χ2n) is 10.4. The molecule has 1 aromatic heterocycles. The molecule has 2 amide bonds. The Labute approximate surface area is 199 Å². The number of para-hydroxylation sites is 1. The van der Waals surface area contributed by atoms with Crippen LogP contribution in [0.25, 0.3) is 0 Å². The number of fused-ring (bicyclic) bond motifs is 1. The third-order valence-corrected chi connectivity index (χ3v) is 8.30. The molecule has 0 spiro atoms. The van der Waals surface area contributed by atoms with E-state index in [1.54, 1.807) is 10.9 Å². The number of carbonyl (C=O) groups excluding carboxylic acids is 2. The molecule has 8 nitrogen and oxygen atoms in total. The largest absolute Gasteiger partial charge is 0.522 e. The number of alkyl halides is 3. The van der Waals surface area contributed by atoms with Gasteiger partial charge in [-0.15, -0.1) is 13.2 Å². The number of rotatable bonds is 6. The first-order valence-corrected chi connectivity index (χ1v) is 11.7. The molecule has 2 bridgehead atoms. The predicted octanol–water partition coefficient (Wildman–Crippen LogP) is 2.62. The summed E-state index contributed by atoms with van der Waals surface area (Å²) in [6, 6.07) is 7.69. The van der Waals surface area contributed by atoms with E-state index >= 15 is 0 Å². The second kappa shape index (κ2) is 7.22. The molecule has 1 aromatic carbocycles. The van der Waals surface area contributed by atoms with Crippen molar-refractivity contribution in [2.75, 3.05) is 19.7 Å². The van der Waals surface area contributed by atoms with Crippen LogP contribution in [0.1, 0.15) is 41.6 Å². The van der Waals surface area contributed by atoms with Crippen LogP contribution < -0.4 is 10.5 Å². The van der Waals surface area contributed by atoms with Crippen molar-refractivity contribution in [3.8, 4) is 5.75 Å². The fourth-order valence-corrected chi connectivity index (χ4v) is 6.50. The van der Waals surface area contributed by atoms with Crippen LogP contribution in [0, 0.1) is 11.3 Å². The van der Waals surface area contributed by atoms with Gasteiger partial charge >= 0.3 is 6.36 Å². The van der Waals surface area contributed by atoms with Gasteiger partial charge < -0.3 is 15.4 Å². The molecule has 2 aromatic rings. The van der Waals surface area contributed by atoms with Gasteiger partial charge in [0.25, 0.3) is 11.8 Å². The number of amides is 2. The highest BCUT2D eigenvalue weighted by Gasteiger charge is 2.79. The zero-order valence-corrected chi connectivity index (χ0v) is 18.9. The molecule has 1 atom stereocenters. The lowest BCUT2D eigenvalue weighted by Gasteiger charge is -2.74. The van der Waals surface area contributed by atoms with Gasteiger partial charge in [0, 0.05) is 37.0 Å². The molecule has 4 fully saturated rings. The first-order valence-electron chi connectivity index (χ1n) is 11.7. The van der Waals surface area contributed by atoms with Crippen molar-refractivity contribution < 1.29 is 32.2 Å². The molecular weight excluding hydrogens is 465 g/mol. The number of nitrogens with two attached hydrogens (primary N) is 1. The number of halogens is 3. The second-order valence-corrected chi connectivity index (χ2v) is 10.4. The van der Waals surface area contributed by atoms with Crippen LogP contribution in [0.5, 0.6) is 5.75 Å². The van der Waals surface area contributed by atoms with Crippen LogP contribution in [-0.4, -0.2) is 58.2 Å². The van der Waals surface area contributed by atoms with Gasteiger partial charge in [-0.25, -0.2) is 0 Å². The summed E-state index contributed by atoms with van der Waals surface area (Å²) in [4.78, 5) is 26.9. The Morgan fingerprint density at radius 2 is 1.91 bits per heavy atom. The van der Waals surface area contributed by atoms with E-state index in [-0.39, 0.29) is 35.9 Å². The minimum atomic E-state index is -4.66. The van der Waals surface area contributed by atoms with Crippen LogP contribution in [0.4, 0.5) is 13.2 Å². The Kier molecular flexibility index (Phi) is 4.62. The van der Waals surface area contributed by atoms with Gasteiger partial charge in [0.2, 0.25) is 0 Å². The van der Waals surface area contributed by atoms with Crippen molar-refractivity contribution in [1.29, 1.82) is 0 Å². The van der Waals surface area contributed by atoms with Crippen molar-refractivity contribution in [2.24, 2.45) is 17.1 Å². The maximum atomic E-state index is 12.7. The van der Waals surface area contributed by atoms with Crippen molar-refractivity contribution in [3.05, 3.63) is 47.8 Å². The molecular formula is C24H25F3N4O4. The molecule has 1 saturated heterocycles. The summed E-state index contributed by atoms with van der Waals surface area (Å²) in [6.45, 7) is -0.0194. The number of hydrogen-bond donors (Lipinski definition) is 1. The minimum Gasteiger partial charge on any atom is -0.477 e. The summed E-state index contributed by atoms with van der Waals surface area (Å²) in [5.74, 6) is -0.337. The highest BCUT2D eigenvalue weighted by molar-refractivity contribution is 5.94. The molecule has 3 heterocycles. The van der Waals surface area contributed by atoms with Gasteiger partial charge in [0.05, 0.1) is 23.9 Å². The Balaban J connectivity index is 1.10. The monoisotopic (exact) mass is 490 g/mol. The fourth-order valence-electron chi connectivity index (χ4n) is 6.50. The smallest absolute Gasteiger partial charge is 0.477 e. The summed E-state index contributed by atoms with van der Waals surface area (Å²) < 4.78 is 48.5. The molecule has 35 heavy (non-hydrogen) atoms. The summed E-state index contributed by atoms with van der Waals surface area (Å²) >= 11 is 0. The van der Waals surface area contributed by atoms with E-state index in [1.165, 1.54) is 11.1 Å². The lowest BCUT2D eigenvalue weighted by atomic mass is 9.33. The highest BCUT2D eigenvalue weighted by Crippen LogP contribution is 2.76. The number of aromatic nitrogens is 2. The third kappa shape index (κ3) is 3.27. The number of aryl methyl sites for hydroxylation is 1. The Morgan fingerprint density at radius 3 is 2.60 bits per heavy atom. The summed E-state index contributed by atoms with van der Waals surface area (Å²) in [5.41, 5.74) is 5.68. The highest BCUT2D eigenvalue weighted by atomic mass is 19.4. The number of primary amides is 1. The van der Waals surface area contributed by atoms with Gasteiger partial charge in [-0.05, 0) is 37.3 Å². The molecule has 7 rings (SSSR count). The summed E-state index contributed by atoms with van der Waals surface area (Å²) in [6.07, 6.45) is 1.82. The van der Waals surface area contributed by atoms with Crippen LogP contribution in [0.15, 0.2) is 36.7 Å². The van der Waals surface area contributed by atoms with Gasteiger partial charge in [-0.2, -0.15) is 5.10 Å². The number of hydrogen-bond acceptors (Lipinski definition) is 5. The van der Waals surface area contributed by atoms with E-state index in [0.29, 0.717) is 37.0 Å². The normalized spacial score (nSPS) is 31.5. The van der Waals surface area contributed by atoms with E-state index in [0.717, 1.165) is 12.0 Å². The van der Waals surface area contributed by atoms with Crippen LogP contribution in [0.2, 0.25) is 0 Å². The number of carbonyl (C=O) groups is 2. The Morgan fingerprint density at radius 1 is 1.20 bits per heavy atom. The van der Waals surface area contributed by atoms with Crippen LogP contribution in [-0.2, 0) is 21.5 Å². The molecule has 186 valence electrons. The Hall–Kier alpha value is -3.08. The molecule has 11 heteroatoms. The molecule has 1 unspecified atom stereocenters. The molecule has 3 saturated carbocycles. The number of likely N-dealkylation sites (tertiary alicyclic amines) is 1. The topological polar surface area (TPSA) is 99.7 Å². The molecule has 0 radical (unpaired) electrons. The van der Waals surface area contributed by atoms with Crippen molar-refractivity contribution in [1.82, 2.24) is 14.7 Å². The van der Waals surface area contributed by atoms with E-state index < -0.39 is 24.5 Å². The van der Waals surface area contributed by atoms with E-state index in [1.807, 2.05) is 24.3 Å². The molecule has 2 aliphatic heterocycles. The first-order chi connectivity index (χ1) is 16.5. The average molecular weight is 490 g/mol. The zero-order valence-electron chi connectivity index (χ0n) is 18.9. The van der Waals surface area contributed by atoms with E-state index in [9.17, 15) is 22.8 Å². The zero-order chi connectivity index (χ0) is 24.6. The van der Waals surface area contributed by atoms with Gasteiger partial charge in [-0.3, -0.25) is 19.0 Å². The van der Waals surface area contributed by atoms with Gasteiger partial charge in [-0.1, -0.05) is 18.2 Å². The van der Waals surface area contributed by atoms with E-state index in [2.05, 4.69) is 9.84 Å². The summed E-state index contributed by atoms with van der Waals surface area (Å²) in [7, 11) is 0. The predicted molar refractivity (Wildman–Crippen MR) is 115 cm³/mol. The standard InChI is InChI=1S/C24H25F3N4O4/c25-24(26,27)34-11-15-8-30(9-15)19(32)17-7-29-31(10-17)22-12-21(13-22,14-22)23(20(28)33)6-5-16-3-1-2-4-18(16)35-23/h1-4,7,10,15H,5-6,8-9,11-14H2,(H2,28,33).